The van der Waals surface area contributed by atoms with E-state index in [0.717, 1.165) is 49.7 Å². The molecule has 6 fully saturated rings. The number of hydrogen-bond acceptors (Lipinski definition) is 4. The lowest BCUT2D eigenvalue weighted by Crippen LogP contribution is -2.53. The zero-order chi connectivity index (χ0) is 27.5. The van der Waals surface area contributed by atoms with Gasteiger partial charge in [-0.25, -0.2) is 4.79 Å². The number of hydrogen-bond donors (Lipinski definition) is 1. The molecule has 2 saturated heterocycles. The Labute approximate surface area is 237 Å². The summed E-state index contributed by atoms with van der Waals surface area (Å²) in [6, 6.07) is 0. The van der Waals surface area contributed by atoms with Crippen molar-refractivity contribution in [2.24, 2.45) is 46.3 Å². The van der Waals surface area contributed by atoms with Crippen LogP contribution in [-0.4, -0.2) is 36.9 Å². The van der Waals surface area contributed by atoms with E-state index in [-0.39, 0.29) is 12.6 Å². The van der Waals surface area contributed by atoms with Gasteiger partial charge in [-0.3, -0.25) is 0 Å². The van der Waals surface area contributed by atoms with E-state index in [4.69, 9.17) is 19.3 Å². The highest BCUT2D eigenvalue weighted by Gasteiger charge is 2.59. The van der Waals surface area contributed by atoms with Crippen LogP contribution >= 0.6 is 0 Å². The molecule has 222 valence electrons. The third kappa shape index (κ3) is 6.46. The number of fused-ring (bicyclic) bond motifs is 5. The minimum Gasteiger partial charge on any atom is -0.478 e. The van der Waals surface area contributed by atoms with Gasteiger partial charge in [-0.1, -0.05) is 39.7 Å². The van der Waals surface area contributed by atoms with Crippen LogP contribution in [0.2, 0.25) is 0 Å². The van der Waals surface area contributed by atoms with Crippen molar-refractivity contribution in [2.75, 3.05) is 13.2 Å². The number of carboxylic acid groups (broad SMARTS) is 1. The predicted octanol–water partition coefficient (Wildman–Crippen LogP) is 8.37. The van der Waals surface area contributed by atoms with Crippen molar-refractivity contribution in [3.05, 3.63) is 12.2 Å². The first-order valence-corrected chi connectivity index (χ1v) is 16.6. The molecule has 0 radical (unpaired) electrons. The number of aliphatic carboxylic acids is 1. The molecule has 0 aromatic carbocycles. The maximum atomic E-state index is 11.0. The molecular weight excluding hydrogens is 488 g/mol. The van der Waals surface area contributed by atoms with E-state index in [9.17, 15) is 4.79 Å². The molecule has 0 aromatic rings. The molecular formula is C34H56O5. The van der Waals surface area contributed by atoms with Crippen molar-refractivity contribution in [1.82, 2.24) is 0 Å². The average Bonchev–Trinajstić information content (AvgIpc) is 3.30. The highest BCUT2D eigenvalue weighted by atomic mass is 16.8. The zero-order valence-electron chi connectivity index (χ0n) is 25.1. The smallest absolute Gasteiger partial charge is 0.327 e. The van der Waals surface area contributed by atoms with Gasteiger partial charge in [0, 0.05) is 19.3 Å². The number of carbonyl (C=O) groups is 1. The van der Waals surface area contributed by atoms with Crippen LogP contribution in [0.3, 0.4) is 0 Å². The van der Waals surface area contributed by atoms with Gasteiger partial charge >= 0.3 is 5.97 Å². The SMILES string of the molecule is C1CCC(OC2CCCCO2)OC1.C[C@H](C=CC(=O)O)[C@H]1CC[C@H]2[C@@H]3CCC4CCCC[C@]4(C)[C@H]3CC[C@]12C. The van der Waals surface area contributed by atoms with Gasteiger partial charge < -0.3 is 19.3 Å². The number of allylic oxidation sites excluding steroid dienone is 1. The molecule has 5 nitrogen and oxygen atoms in total. The molecule has 0 aromatic heterocycles. The van der Waals surface area contributed by atoms with Gasteiger partial charge in [0.05, 0.1) is 0 Å². The number of rotatable bonds is 5. The minimum absolute atomic E-state index is 0.00292. The summed E-state index contributed by atoms with van der Waals surface area (Å²) in [4.78, 5) is 11.0. The molecule has 10 atom stereocenters. The Balaban J connectivity index is 0.000000198. The second kappa shape index (κ2) is 12.9. The quantitative estimate of drug-likeness (QED) is 0.352. The normalized spacial score (nSPS) is 44.8. The average molecular weight is 545 g/mol. The molecule has 6 aliphatic rings. The molecule has 2 heterocycles. The van der Waals surface area contributed by atoms with Gasteiger partial charge in [0.1, 0.15) is 0 Å². The first-order chi connectivity index (χ1) is 18.8. The van der Waals surface area contributed by atoms with Crippen LogP contribution in [0.25, 0.3) is 0 Å². The maximum Gasteiger partial charge on any atom is 0.327 e. The van der Waals surface area contributed by atoms with Crippen LogP contribution in [0.5, 0.6) is 0 Å². The highest BCUT2D eigenvalue weighted by molar-refractivity contribution is 5.79. The zero-order valence-corrected chi connectivity index (χ0v) is 25.1. The molecule has 5 heteroatoms. The minimum atomic E-state index is -0.802. The van der Waals surface area contributed by atoms with Crippen molar-refractivity contribution in [1.29, 1.82) is 0 Å². The second-order valence-electron chi connectivity index (χ2n) is 14.4. The fraction of sp³-hybridized carbons (Fsp3) is 0.912. The third-order valence-electron chi connectivity index (χ3n) is 12.4. The summed E-state index contributed by atoms with van der Waals surface area (Å²) < 4.78 is 16.6. The summed E-state index contributed by atoms with van der Waals surface area (Å²) in [7, 11) is 0. The molecule has 0 spiro atoms. The van der Waals surface area contributed by atoms with Crippen LogP contribution < -0.4 is 0 Å². The standard InChI is InChI=1S/C24H38O2.C10H18O3/c1-16(7-12-22(25)26)19-10-11-20-18-9-8-17-6-4-5-14-23(17,2)21(18)13-15-24(19,20)3;1-3-7-11-9(5-1)13-10-6-2-4-8-12-10/h7,12,16-21H,4-6,8-11,13-15H2,1-3H3,(H,25,26);9-10H,1-8H2/t16-,17?,18+,19-,20+,21+,23+,24-;/m1./s1. The summed E-state index contributed by atoms with van der Waals surface area (Å²) in [6.45, 7) is 9.16. The van der Waals surface area contributed by atoms with E-state index in [1.54, 1.807) is 0 Å². The number of ether oxygens (including phenoxy) is 3. The number of carboxylic acids is 1. The summed E-state index contributed by atoms with van der Waals surface area (Å²) in [5.41, 5.74) is 1.05. The highest BCUT2D eigenvalue weighted by Crippen LogP contribution is 2.68. The monoisotopic (exact) mass is 544 g/mol. The molecule has 0 amide bonds. The van der Waals surface area contributed by atoms with Gasteiger partial charge in [-0.15, -0.1) is 0 Å². The fourth-order valence-electron chi connectivity index (χ4n) is 10.4. The van der Waals surface area contributed by atoms with Crippen LogP contribution in [0, 0.1) is 46.3 Å². The first-order valence-electron chi connectivity index (χ1n) is 16.6. The summed E-state index contributed by atoms with van der Waals surface area (Å²) in [5.74, 6) is 4.03. The van der Waals surface area contributed by atoms with Crippen LogP contribution in [0.15, 0.2) is 12.2 Å². The van der Waals surface area contributed by atoms with E-state index in [2.05, 4.69) is 20.8 Å². The van der Waals surface area contributed by atoms with Gasteiger partial charge in [-0.05, 0) is 136 Å². The maximum absolute atomic E-state index is 11.0. The van der Waals surface area contributed by atoms with Crippen molar-refractivity contribution in [3.63, 3.8) is 0 Å². The second-order valence-corrected chi connectivity index (χ2v) is 14.4. The molecule has 6 rings (SSSR count). The Morgan fingerprint density at radius 2 is 1.46 bits per heavy atom. The summed E-state index contributed by atoms with van der Waals surface area (Å²) >= 11 is 0. The van der Waals surface area contributed by atoms with Crippen LogP contribution in [0.1, 0.15) is 124 Å². The van der Waals surface area contributed by atoms with Gasteiger partial charge in [0.2, 0.25) is 0 Å². The van der Waals surface area contributed by atoms with E-state index < -0.39 is 5.97 Å². The lowest BCUT2D eigenvalue weighted by Gasteiger charge is -2.60. The topological polar surface area (TPSA) is 65.0 Å². The molecule has 3 unspecified atom stereocenters. The lowest BCUT2D eigenvalue weighted by molar-refractivity contribution is -0.264. The summed E-state index contributed by atoms with van der Waals surface area (Å²) in [5, 5.41) is 9.01. The molecule has 0 bridgehead atoms. The van der Waals surface area contributed by atoms with E-state index >= 15 is 0 Å². The van der Waals surface area contributed by atoms with Crippen molar-refractivity contribution in [2.45, 2.75) is 136 Å². The molecule has 1 N–H and O–H groups in total. The Morgan fingerprint density at radius 1 is 0.795 bits per heavy atom. The molecule has 39 heavy (non-hydrogen) atoms. The molecule has 2 aliphatic heterocycles. The Bertz CT molecular complexity index is 813. The Kier molecular flexibility index (Phi) is 9.82. The van der Waals surface area contributed by atoms with Crippen molar-refractivity contribution < 1.29 is 24.1 Å². The lowest BCUT2D eigenvalue weighted by atomic mass is 9.44. The van der Waals surface area contributed by atoms with Crippen LogP contribution in [0.4, 0.5) is 0 Å². The van der Waals surface area contributed by atoms with E-state index in [0.29, 0.717) is 22.7 Å². The molecule has 4 saturated carbocycles. The Hall–Kier alpha value is -0.910. The Morgan fingerprint density at radius 3 is 2.10 bits per heavy atom. The van der Waals surface area contributed by atoms with Gasteiger partial charge in [0.25, 0.3) is 0 Å². The molecule has 4 aliphatic carbocycles. The van der Waals surface area contributed by atoms with E-state index in [1.807, 2.05) is 6.08 Å². The summed E-state index contributed by atoms with van der Waals surface area (Å²) in [6.07, 6.45) is 24.5. The van der Waals surface area contributed by atoms with Gasteiger partial charge in [-0.2, -0.15) is 0 Å². The third-order valence-corrected chi connectivity index (χ3v) is 12.4. The van der Waals surface area contributed by atoms with Crippen molar-refractivity contribution in [3.8, 4) is 0 Å². The van der Waals surface area contributed by atoms with Gasteiger partial charge in [0.15, 0.2) is 12.6 Å². The van der Waals surface area contributed by atoms with Crippen LogP contribution in [-0.2, 0) is 19.0 Å². The largest absolute Gasteiger partial charge is 0.478 e. The van der Waals surface area contributed by atoms with E-state index in [1.165, 1.54) is 96.0 Å². The fourth-order valence-corrected chi connectivity index (χ4v) is 10.4. The predicted molar refractivity (Wildman–Crippen MR) is 154 cm³/mol. The van der Waals surface area contributed by atoms with Crippen molar-refractivity contribution >= 4 is 5.97 Å². The first kappa shape index (κ1) is 29.6.